The maximum atomic E-state index is 11.4. The molecule has 4 nitrogen and oxygen atoms in total. The standard InChI is InChI=1S/C17H19NO3/c1-11-9-16(19)12(2)8-15(11)18-10-13-4-6-14(7-5-13)17(20)21-3/h4-9,18-19H,10H2,1-3H3. The van der Waals surface area contributed by atoms with Gasteiger partial charge in [-0.05, 0) is 54.8 Å². The van der Waals surface area contributed by atoms with Crippen LogP contribution in [0.25, 0.3) is 0 Å². The second-order valence-electron chi connectivity index (χ2n) is 5.00. The SMILES string of the molecule is COC(=O)c1ccc(CNc2cc(C)c(O)cc2C)cc1. The molecule has 21 heavy (non-hydrogen) atoms. The molecule has 0 fully saturated rings. The quantitative estimate of drug-likeness (QED) is 0.667. The molecule has 0 radical (unpaired) electrons. The molecule has 0 spiro atoms. The Kier molecular flexibility index (Phi) is 4.48. The normalized spacial score (nSPS) is 10.2. The number of aromatic hydroxyl groups is 1. The second-order valence-corrected chi connectivity index (χ2v) is 5.00. The third-order valence-electron chi connectivity index (χ3n) is 3.40. The Morgan fingerprint density at radius 1 is 1.14 bits per heavy atom. The van der Waals surface area contributed by atoms with Crippen LogP contribution < -0.4 is 5.32 Å². The van der Waals surface area contributed by atoms with Crippen molar-refractivity contribution in [2.24, 2.45) is 0 Å². The number of carbonyl (C=O) groups is 1. The number of benzene rings is 2. The molecular formula is C17H19NO3. The molecule has 2 aromatic rings. The van der Waals surface area contributed by atoms with E-state index in [4.69, 9.17) is 0 Å². The highest BCUT2D eigenvalue weighted by Gasteiger charge is 2.06. The molecule has 2 rings (SSSR count). The Morgan fingerprint density at radius 3 is 2.43 bits per heavy atom. The van der Waals surface area contributed by atoms with Gasteiger partial charge in [-0.1, -0.05) is 12.1 Å². The van der Waals surface area contributed by atoms with Crippen LogP contribution in [0.3, 0.4) is 0 Å². The van der Waals surface area contributed by atoms with Crippen molar-refractivity contribution in [1.82, 2.24) is 0 Å². The van der Waals surface area contributed by atoms with Crippen molar-refractivity contribution in [2.75, 3.05) is 12.4 Å². The Hall–Kier alpha value is -2.49. The predicted molar refractivity (Wildman–Crippen MR) is 82.7 cm³/mol. The van der Waals surface area contributed by atoms with E-state index in [2.05, 4.69) is 10.1 Å². The first-order valence-electron chi connectivity index (χ1n) is 6.72. The minimum Gasteiger partial charge on any atom is -0.508 e. The summed E-state index contributed by atoms with van der Waals surface area (Å²) in [4.78, 5) is 11.4. The van der Waals surface area contributed by atoms with Gasteiger partial charge < -0.3 is 15.2 Å². The van der Waals surface area contributed by atoms with Gasteiger partial charge in [-0.25, -0.2) is 4.79 Å². The second kappa shape index (κ2) is 6.31. The average molecular weight is 285 g/mol. The van der Waals surface area contributed by atoms with Gasteiger partial charge in [0, 0.05) is 12.2 Å². The van der Waals surface area contributed by atoms with Crippen LogP contribution in [0.2, 0.25) is 0 Å². The van der Waals surface area contributed by atoms with Gasteiger partial charge in [0.15, 0.2) is 0 Å². The van der Waals surface area contributed by atoms with E-state index >= 15 is 0 Å². The number of methoxy groups -OCH3 is 1. The number of rotatable bonds is 4. The fraction of sp³-hybridized carbons (Fsp3) is 0.235. The summed E-state index contributed by atoms with van der Waals surface area (Å²) in [5, 5.41) is 13.0. The van der Waals surface area contributed by atoms with Crippen LogP contribution in [0.4, 0.5) is 5.69 Å². The number of carbonyl (C=O) groups excluding carboxylic acids is 1. The largest absolute Gasteiger partial charge is 0.508 e. The Balaban J connectivity index is 2.06. The summed E-state index contributed by atoms with van der Waals surface area (Å²) in [7, 11) is 1.37. The summed E-state index contributed by atoms with van der Waals surface area (Å²) in [6, 6.07) is 10.9. The molecule has 4 heteroatoms. The van der Waals surface area contributed by atoms with Gasteiger partial charge in [0.05, 0.1) is 12.7 Å². The molecule has 0 aliphatic rings. The zero-order valence-electron chi connectivity index (χ0n) is 12.4. The van der Waals surface area contributed by atoms with Crippen molar-refractivity contribution < 1.29 is 14.6 Å². The highest BCUT2D eigenvalue weighted by atomic mass is 16.5. The number of ether oxygens (including phenoxy) is 1. The Morgan fingerprint density at radius 2 is 1.81 bits per heavy atom. The van der Waals surface area contributed by atoms with E-state index in [0.717, 1.165) is 22.4 Å². The molecule has 110 valence electrons. The topological polar surface area (TPSA) is 58.6 Å². The molecule has 0 aliphatic carbocycles. The maximum absolute atomic E-state index is 11.4. The first-order chi connectivity index (χ1) is 10.0. The predicted octanol–water partition coefficient (Wildman–Crippen LogP) is 3.41. The maximum Gasteiger partial charge on any atom is 0.337 e. The number of phenolic OH excluding ortho intramolecular Hbond substituents is 1. The molecular weight excluding hydrogens is 266 g/mol. The molecule has 0 unspecified atom stereocenters. The number of anilines is 1. The fourth-order valence-electron chi connectivity index (χ4n) is 2.07. The molecule has 2 N–H and O–H groups in total. The highest BCUT2D eigenvalue weighted by molar-refractivity contribution is 5.89. The lowest BCUT2D eigenvalue weighted by Crippen LogP contribution is -2.04. The van der Waals surface area contributed by atoms with Gasteiger partial charge in [-0.2, -0.15) is 0 Å². The lowest BCUT2D eigenvalue weighted by Gasteiger charge is -2.12. The first kappa shape index (κ1) is 14.9. The van der Waals surface area contributed by atoms with E-state index in [0.29, 0.717) is 17.9 Å². The minimum atomic E-state index is -0.334. The smallest absolute Gasteiger partial charge is 0.337 e. The molecule has 0 aromatic heterocycles. The lowest BCUT2D eigenvalue weighted by molar-refractivity contribution is 0.0600. The average Bonchev–Trinajstić information content (AvgIpc) is 2.49. The van der Waals surface area contributed by atoms with E-state index in [-0.39, 0.29) is 5.97 Å². The minimum absolute atomic E-state index is 0.306. The molecule has 2 aromatic carbocycles. The van der Waals surface area contributed by atoms with Crippen LogP contribution in [0.5, 0.6) is 5.75 Å². The van der Waals surface area contributed by atoms with Gasteiger partial charge in [0.2, 0.25) is 0 Å². The van der Waals surface area contributed by atoms with E-state index < -0.39 is 0 Å². The molecule has 0 saturated heterocycles. The Bertz CT molecular complexity index is 648. The summed E-state index contributed by atoms with van der Waals surface area (Å²) in [6.45, 7) is 4.46. The van der Waals surface area contributed by atoms with Gasteiger partial charge >= 0.3 is 5.97 Å². The van der Waals surface area contributed by atoms with E-state index in [1.807, 2.05) is 32.0 Å². The summed E-state index contributed by atoms with van der Waals surface area (Å²) in [5.41, 5.74) is 4.42. The summed E-state index contributed by atoms with van der Waals surface area (Å²) >= 11 is 0. The van der Waals surface area contributed by atoms with Crippen molar-refractivity contribution in [3.05, 3.63) is 58.7 Å². The molecule has 0 aliphatic heterocycles. The Labute approximate surface area is 124 Å². The third-order valence-corrected chi connectivity index (χ3v) is 3.40. The molecule has 0 atom stereocenters. The van der Waals surface area contributed by atoms with Crippen molar-refractivity contribution in [3.63, 3.8) is 0 Å². The zero-order chi connectivity index (χ0) is 15.4. The van der Waals surface area contributed by atoms with E-state index in [9.17, 15) is 9.90 Å². The van der Waals surface area contributed by atoms with Crippen molar-refractivity contribution >= 4 is 11.7 Å². The summed E-state index contributed by atoms with van der Waals surface area (Å²) in [5.74, 6) is -0.0278. The highest BCUT2D eigenvalue weighted by Crippen LogP contribution is 2.25. The van der Waals surface area contributed by atoms with Gasteiger partial charge in [0.1, 0.15) is 5.75 Å². The van der Waals surface area contributed by atoms with Crippen molar-refractivity contribution in [2.45, 2.75) is 20.4 Å². The number of esters is 1. The van der Waals surface area contributed by atoms with Crippen LogP contribution >= 0.6 is 0 Å². The van der Waals surface area contributed by atoms with Crippen LogP contribution in [0.1, 0.15) is 27.0 Å². The zero-order valence-corrected chi connectivity index (χ0v) is 12.4. The number of phenols is 1. The van der Waals surface area contributed by atoms with E-state index in [1.165, 1.54) is 7.11 Å². The fourth-order valence-corrected chi connectivity index (χ4v) is 2.07. The van der Waals surface area contributed by atoms with Crippen LogP contribution in [0.15, 0.2) is 36.4 Å². The van der Waals surface area contributed by atoms with Crippen LogP contribution in [-0.2, 0) is 11.3 Å². The van der Waals surface area contributed by atoms with Gasteiger partial charge in [-0.3, -0.25) is 0 Å². The first-order valence-corrected chi connectivity index (χ1v) is 6.72. The molecule has 0 saturated carbocycles. The van der Waals surface area contributed by atoms with Gasteiger partial charge in [-0.15, -0.1) is 0 Å². The van der Waals surface area contributed by atoms with E-state index in [1.54, 1.807) is 18.2 Å². The number of hydrogen-bond donors (Lipinski definition) is 2. The number of hydrogen-bond acceptors (Lipinski definition) is 4. The van der Waals surface area contributed by atoms with Gasteiger partial charge in [0.25, 0.3) is 0 Å². The summed E-state index contributed by atoms with van der Waals surface area (Å²) in [6.07, 6.45) is 0. The third kappa shape index (κ3) is 3.54. The number of aryl methyl sites for hydroxylation is 2. The van der Waals surface area contributed by atoms with Crippen molar-refractivity contribution in [1.29, 1.82) is 0 Å². The molecule has 0 amide bonds. The van der Waals surface area contributed by atoms with Crippen LogP contribution in [-0.4, -0.2) is 18.2 Å². The monoisotopic (exact) mass is 285 g/mol. The molecule has 0 bridgehead atoms. The van der Waals surface area contributed by atoms with Crippen molar-refractivity contribution in [3.8, 4) is 5.75 Å². The summed E-state index contributed by atoms with van der Waals surface area (Å²) < 4.78 is 4.67. The lowest BCUT2D eigenvalue weighted by atomic mass is 10.1. The van der Waals surface area contributed by atoms with Crippen LogP contribution in [0, 0.1) is 13.8 Å². The number of nitrogens with one attached hydrogen (secondary N) is 1. The molecule has 0 heterocycles.